The summed E-state index contributed by atoms with van der Waals surface area (Å²) in [6.07, 6.45) is -0.590. The third kappa shape index (κ3) is 2.34. The van der Waals surface area contributed by atoms with E-state index in [0.29, 0.717) is 5.75 Å². The Labute approximate surface area is 75.5 Å². The number of rotatable bonds is 2. The lowest BCUT2D eigenvalue weighted by Gasteiger charge is -2.09. The van der Waals surface area contributed by atoms with E-state index in [0.717, 1.165) is 6.07 Å². The number of nitriles is 1. The van der Waals surface area contributed by atoms with Crippen molar-refractivity contribution in [2.75, 3.05) is 5.73 Å². The van der Waals surface area contributed by atoms with Crippen LogP contribution in [0.4, 0.5) is 10.1 Å². The lowest BCUT2D eigenvalue weighted by molar-refractivity contribution is 0.278. The predicted molar refractivity (Wildman–Crippen MR) is 46.5 cm³/mol. The van der Waals surface area contributed by atoms with Crippen LogP contribution < -0.4 is 10.5 Å². The van der Waals surface area contributed by atoms with Gasteiger partial charge in [-0.3, -0.25) is 0 Å². The van der Waals surface area contributed by atoms with Gasteiger partial charge in [-0.2, -0.15) is 5.26 Å². The Kier molecular flexibility index (Phi) is 2.70. The molecule has 1 aromatic rings. The van der Waals surface area contributed by atoms with E-state index in [9.17, 15) is 4.39 Å². The van der Waals surface area contributed by atoms with Gasteiger partial charge in [0.25, 0.3) is 0 Å². The van der Waals surface area contributed by atoms with Crippen LogP contribution in [0, 0.1) is 17.1 Å². The maximum Gasteiger partial charge on any atom is 0.181 e. The van der Waals surface area contributed by atoms with Gasteiger partial charge in [-0.05, 0) is 19.1 Å². The quantitative estimate of drug-likeness (QED) is 0.704. The Morgan fingerprint density at radius 2 is 2.31 bits per heavy atom. The van der Waals surface area contributed by atoms with Crippen molar-refractivity contribution in [3.63, 3.8) is 0 Å². The summed E-state index contributed by atoms with van der Waals surface area (Å²) in [6.45, 7) is 1.59. The van der Waals surface area contributed by atoms with Crippen LogP contribution in [-0.2, 0) is 0 Å². The first-order valence-corrected chi connectivity index (χ1v) is 3.75. The smallest absolute Gasteiger partial charge is 0.181 e. The summed E-state index contributed by atoms with van der Waals surface area (Å²) in [5.41, 5.74) is 5.65. The zero-order valence-corrected chi connectivity index (χ0v) is 7.12. The molecule has 3 nitrogen and oxygen atoms in total. The van der Waals surface area contributed by atoms with Crippen LogP contribution in [-0.4, -0.2) is 6.10 Å². The Morgan fingerprint density at radius 3 is 2.85 bits per heavy atom. The number of halogens is 1. The number of ether oxygens (including phenoxy) is 1. The van der Waals surface area contributed by atoms with E-state index < -0.39 is 11.9 Å². The van der Waals surface area contributed by atoms with Crippen molar-refractivity contribution in [3.8, 4) is 11.8 Å². The number of hydrogen-bond acceptors (Lipinski definition) is 3. The second-order valence-corrected chi connectivity index (χ2v) is 2.57. The van der Waals surface area contributed by atoms with Crippen LogP contribution in [0.15, 0.2) is 18.2 Å². The highest BCUT2D eigenvalue weighted by Gasteiger charge is 2.05. The van der Waals surface area contributed by atoms with E-state index in [4.69, 9.17) is 15.7 Å². The maximum atomic E-state index is 12.6. The van der Waals surface area contributed by atoms with E-state index >= 15 is 0 Å². The van der Waals surface area contributed by atoms with Gasteiger partial charge in [0, 0.05) is 6.07 Å². The van der Waals surface area contributed by atoms with Crippen molar-refractivity contribution in [2.45, 2.75) is 13.0 Å². The average Bonchev–Trinajstić information content (AvgIpc) is 2.09. The van der Waals surface area contributed by atoms with Crippen molar-refractivity contribution in [1.82, 2.24) is 0 Å². The normalized spacial score (nSPS) is 11.8. The zero-order valence-electron chi connectivity index (χ0n) is 7.12. The SMILES string of the molecule is CC(C#N)Oc1ccc(F)cc1N. The molecule has 0 saturated carbocycles. The molecule has 13 heavy (non-hydrogen) atoms. The molecule has 0 saturated heterocycles. The highest BCUT2D eigenvalue weighted by molar-refractivity contribution is 5.52. The fourth-order valence-electron chi connectivity index (χ4n) is 0.843. The molecule has 68 valence electrons. The van der Waals surface area contributed by atoms with E-state index in [1.165, 1.54) is 12.1 Å². The predicted octanol–water partition coefficient (Wildman–Crippen LogP) is 1.70. The number of nitrogen functional groups attached to an aromatic ring is 1. The molecule has 0 aliphatic carbocycles. The minimum Gasteiger partial charge on any atom is -0.474 e. The largest absolute Gasteiger partial charge is 0.474 e. The second kappa shape index (κ2) is 3.76. The van der Waals surface area contributed by atoms with Crippen LogP contribution in [0.5, 0.6) is 5.75 Å². The fraction of sp³-hybridized carbons (Fsp3) is 0.222. The summed E-state index contributed by atoms with van der Waals surface area (Å²) in [5, 5.41) is 8.45. The standard InChI is InChI=1S/C9H9FN2O/c1-6(5-11)13-9-3-2-7(10)4-8(9)12/h2-4,6H,12H2,1H3. The first-order chi connectivity index (χ1) is 6.13. The number of anilines is 1. The number of hydrogen-bond donors (Lipinski definition) is 1. The van der Waals surface area contributed by atoms with Gasteiger partial charge < -0.3 is 10.5 Å². The summed E-state index contributed by atoms with van der Waals surface area (Å²) >= 11 is 0. The first kappa shape index (κ1) is 9.33. The van der Waals surface area contributed by atoms with Crippen molar-refractivity contribution >= 4 is 5.69 Å². The molecular weight excluding hydrogens is 171 g/mol. The molecule has 0 spiro atoms. The number of benzene rings is 1. The lowest BCUT2D eigenvalue weighted by atomic mass is 10.3. The molecule has 0 aliphatic heterocycles. The van der Waals surface area contributed by atoms with Crippen LogP contribution in [0.2, 0.25) is 0 Å². The molecule has 1 atom stereocenters. The van der Waals surface area contributed by atoms with Crippen molar-refractivity contribution in [1.29, 1.82) is 5.26 Å². The number of nitrogens with zero attached hydrogens (tertiary/aromatic N) is 1. The zero-order chi connectivity index (χ0) is 9.84. The van der Waals surface area contributed by atoms with Gasteiger partial charge in [0.1, 0.15) is 17.6 Å². The molecular formula is C9H9FN2O. The highest BCUT2D eigenvalue weighted by atomic mass is 19.1. The molecule has 1 aromatic carbocycles. The molecule has 0 amide bonds. The van der Waals surface area contributed by atoms with Gasteiger partial charge in [-0.25, -0.2) is 4.39 Å². The summed E-state index contributed by atoms with van der Waals surface area (Å²) in [6, 6.07) is 5.67. The van der Waals surface area contributed by atoms with Crippen LogP contribution in [0.25, 0.3) is 0 Å². The number of nitrogens with two attached hydrogens (primary N) is 1. The summed E-state index contributed by atoms with van der Waals surface area (Å²) < 4.78 is 17.7. The summed E-state index contributed by atoms with van der Waals surface area (Å²) in [4.78, 5) is 0. The van der Waals surface area contributed by atoms with E-state index in [-0.39, 0.29) is 5.69 Å². The van der Waals surface area contributed by atoms with E-state index in [2.05, 4.69) is 0 Å². The van der Waals surface area contributed by atoms with E-state index in [1.807, 2.05) is 6.07 Å². The van der Waals surface area contributed by atoms with Gasteiger partial charge in [-0.1, -0.05) is 0 Å². The molecule has 0 aliphatic rings. The monoisotopic (exact) mass is 180 g/mol. The Morgan fingerprint density at radius 1 is 1.62 bits per heavy atom. The summed E-state index contributed by atoms with van der Waals surface area (Å²) in [5.74, 6) is -0.0927. The van der Waals surface area contributed by atoms with Crippen molar-refractivity contribution in [3.05, 3.63) is 24.0 Å². The fourth-order valence-corrected chi connectivity index (χ4v) is 0.843. The summed E-state index contributed by atoms with van der Waals surface area (Å²) in [7, 11) is 0. The molecule has 1 unspecified atom stereocenters. The molecule has 1 rings (SSSR count). The Hall–Kier alpha value is -1.76. The second-order valence-electron chi connectivity index (χ2n) is 2.57. The third-order valence-electron chi connectivity index (χ3n) is 1.46. The maximum absolute atomic E-state index is 12.6. The van der Waals surface area contributed by atoms with Gasteiger partial charge in [-0.15, -0.1) is 0 Å². The molecule has 0 radical (unpaired) electrons. The Bertz CT molecular complexity index is 346. The van der Waals surface area contributed by atoms with E-state index in [1.54, 1.807) is 6.92 Å². The Balaban J connectivity index is 2.85. The molecule has 0 fully saturated rings. The van der Waals surface area contributed by atoms with Crippen LogP contribution in [0.3, 0.4) is 0 Å². The third-order valence-corrected chi connectivity index (χ3v) is 1.46. The first-order valence-electron chi connectivity index (χ1n) is 3.75. The topological polar surface area (TPSA) is 59.0 Å². The molecule has 4 heteroatoms. The minimum absolute atomic E-state index is 0.196. The van der Waals surface area contributed by atoms with Gasteiger partial charge in [0.2, 0.25) is 0 Å². The molecule has 0 bridgehead atoms. The molecule has 2 N–H and O–H groups in total. The van der Waals surface area contributed by atoms with Crippen molar-refractivity contribution < 1.29 is 9.13 Å². The highest BCUT2D eigenvalue weighted by Crippen LogP contribution is 2.22. The van der Waals surface area contributed by atoms with Crippen LogP contribution in [0.1, 0.15) is 6.92 Å². The van der Waals surface area contributed by atoms with Gasteiger partial charge in [0.15, 0.2) is 6.10 Å². The van der Waals surface area contributed by atoms with Gasteiger partial charge in [0.05, 0.1) is 5.69 Å². The van der Waals surface area contributed by atoms with Crippen molar-refractivity contribution in [2.24, 2.45) is 0 Å². The minimum atomic E-state index is -0.590. The van der Waals surface area contributed by atoms with Gasteiger partial charge >= 0.3 is 0 Å². The molecule has 0 heterocycles. The average molecular weight is 180 g/mol. The van der Waals surface area contributed by atoms with Crippen LogP contribution >= 0.6 is 0 Å². The lowest BCUT2D eigenvalue weighted by Crippen LogP contribution is -2.09. The molecule has 0 aromatic heterocycles.